The first-order chi connectivity index (χ1) is 8.02. The van der Waals surface area contributed by atoms with Crippen LogP contribution >= 0.6 is 0 Å². The quantitative estimate of drug-likeness (QED) is 0.481. The number of nitriles is 1. The van der Waals surface area contributed by atoms with Crippen molar-refractivity contribution < 1.29 is 19.6 Å². The Morgan fingerprint density at radius 1 is 1.65 bits per heavy atom. The van der Waals surface area contributed by atoms with E-state index in [0.29, 0.717) is 0 Å². The Morgan fingerprint density at radius 3 is 2.76 bits per heavy atom. The van der Waals surface area contributed by atoms with Crippen molar-refractivity contribution in [2.24, 2.45) is 0 Å². The molecule has 1 N–H and O–H groups in total. The molecular weight excluding hydrogens is 228 g/mol. The zero-order valence-corrected chi connectivity index (χ0v) is 8.84. The van der Waals surface area contributed by atoms with Gasteiger partial charge in [0, 0.05) is 0 Å². The summed E-state index contributed by atoms with van der Waals surface area (Å²) in [5.41, 5.74) is -1.54. The fraction of sp³-hybridized carbons (Fsp3) is 0.200. The number of nitro benzene ring substituents is 1. The van der Waals surface area contributed by atoms with E-state index in [1.165, 1.54) is 6.07 Å². The minimum atomic E-state index is -0.920. The molecule has 88 valence electrons. The van der Waals surface area contributed by atoms with Gasteiger partial charge < -0.3 is 9.84 Å². The smallest absolute Gasteiger partial charge is 0.339 e. The fourth-order valence-corrected chi connectivity index (χ4v) is 1.26. The highest BCUT2D eigenvalue weighted by molar-refractivity contribution is 5.94. The molecule has 0 atom stereocenters. The van der Waals surface area contributed by atoms with E-state index in [4.69, 9.17) is 5.26 Å². The van der Waals surface area contributed by atoms with Crippen LogP contribution in [0.15, 0.2) is 12.1 Å². The van der Waals surface area contributed by atoms with Crippen molar-refractivity contribution >= 4 is 11.7 Å². The maximum absolute atomic E-state index is 11.4. The highest BCUT2D eigenvalue weighted by atomic mass is 16.6. The van der Waals surface area contributed by atoms with Crippen LogP contribution in [0.1, 0.15) is 22.8 Å². The second-order valence-corrected chi connectivity index (χ2v) is 2.95. The number of phenolic OH excluding ortho intramolecular Hbond substituents is 1. The summed E-state index contributed by atoms with van der Waals surface area (Å²) in [5.74, 6) is -1.51. The molecule has 1 aromatic carbocycles. The van der Waals surface area contributed by atoms with Gasteiger partial charge in [-0.15, -0.1) is 0 Å². The highest BCUT2D eigenvalue weighted by Crippen LogP contribution is 2.31. The molecule has 1 aromatic rings. The second kappa shape index (κ2) is 4.94. The van der Waals surface area contributed by atoms with Crippen LogP contribution in [0.4, 0.5) is 5.69 Å². The Morgan fingerprint density at radius 2 is 2.29 bits per heavy atom. The molecule has 0 spiro atoms. The summed E-state index contributed by atoms with van der Waals surface area (Å²) in [4.78, 5) is 21.2. The van der Waals surface area contributed by atoms with E-state index in [1.54, 1.807) is 6.92 Å². The number of rotatable bonds is 3. The Labute approximate surface area is 96.0 Å². The Balaban J connectivity index is 3.45. The van der Waals surface area contributed by atoms with Crippen LogP contribution in [0.2, 0.25) is 0 Å². The lowest BCUT2D eigenvalue weighted by atomic mass is 10.1. The van der Waals surface area contributed by atoms with Crippen molar-refractivity contribution in [2.75, 3.05) is 6.61 Å². The molecule has 0 aromatic heterocycles. The number of nitrogens with zero attached hydrogens (tertiary/aromatic N) is 2. The number of nitro groups is 1. The van der Waals surface area contributed by atoms with Gasteiger partial charge in [-0.1, -0.05) is 0 Å². The van der Waals surface area contributed by atoms with E-state index in [-0.39, 0.29) is 12.2 Å². The van der Waals surface area contributed by atoms with Crippen molar-refractivity contribution in [3.05, 3.63) is 33.4 Å². The number of phenols is 1. The van der Waals surface area contributed by atoms with E-state index in [2.05, 4.69) is 4.74 Å². The van der Waals surface area contributed by atoms with E-state index in [0.717, 1.165) is 12.1 Å². The number of hydrogen-bond acceptors (Lipinski definition) is 6. The Hall–Kier alpha value is -2.62. The van der Waals surface area contributed by atoms with Crippen molar-refractivity contribution in [2.45, 2.75) is 6.92 Å². The van der Waals surface area contributed by atoms with Gasteiger partial charge in [0.05, 0.1) is 17.1 Å². The van der Waals surface area contributed by atoms with Crippen molar-refractivity contribution in [1.29, 1.82) is 5.26 Å². The van der Waals surface area contributed by atoms with Crippen LogP contribution in [0, 0.1) is 21.4 Å². The zero-order chi connectivity index (χ0) is 13.0. The molecule has 0 fully saturated rings. The van der Waals surface area contributed by atoms with Gasteiger partial charge in [-0.3, -0.25) is 10.1 Å². The third-order valence-electron chi connectivity index (χ3n) is 1.95. The molecule has 0 unspecified atom stereocenters. The summed E-state index contributed by atoms with van der Waals surface area (Å²) >= 11 is 0. The Bertz CT molecular complexity index is 518. The lowest BCUT2D eigenvalue weighted by Gasteiger charge is -2.05. The van der Waals surface area contributed by atoms with E-state index in [9.17, 15) is 20.0 Å². The first-order valence-electron chi connectivity index (χ1n) is 4.60. The fourth-order valence-electron chi connectivity index (χ4n) is 1.26. The predicted molar refractivity (Wildman–Crippen MR) is 55.4 cm³/mol. The molecule has 0 heterocycles. The normalized spacial score (nSPS) is 9.41. The molecule has 7 nitrogen and oxygen atoms in total. The monoisotopic (exact) mass is 236 g/mol. The predicted octanol–water partition coefficient (Wildman–Crippen LogP) is 1.35. The van der Waals surface area contributed by atoms with Gasteiger partial charge >= 0.3 is 11.7 Å². The average molecular weight is 236 g/mol. The first kappa shape index (κ1) is 12.4. The maximum atomic E-state index is 11.4. The SMILES string of the molecule is CCOC(=O)c1ccc(O)c([N+](=O)[O-])c1C#N. The molecule has 0 aliphatic carbocycles. The molecule has 0 bridgehead atoms. The van der Waals surface area contributed by atoms with Crippen molar-refractivity contribution in [3.8, 4) is 11.8 Å². The average Bonchev–Trinajstić information content (AvgIpc) is 2.27. The van der Waals surface area contributed by atoms with Gasteiger partial charge in [0.1, 0.15) is 11.6 Å². The molecule has 0 aliphatic rings. The van der Waals surface area contributed by atoms with Crippen LogP contribution in [-0.4, -0.2) is 22.6 Å². The molecule has 0 aliphatic heterocycles. The van der Waals surface area contributed by atoms with Gasteiger partial charge in [0.15, 0.2) is 5.75 Å². The summed E-state index contributed by atoms with van der Waals surface area (Å²) in [6.45, 7) is 1.65. The van der Waals surface area contributed by atoms with Crippen molar-refractivity contribution in [3.63, 3.8) is 0 Å². The molecule has 0 amide bonds. The minimum Gasteiger partial charge on any atom is -0.502 e. The third kappa shape index (κ3) is 2.31. The van der Waals surface area contributed by atoms with Crippen LogP contribution < -0.4 is 0 Å². The number of carbonyl (C=O) groups excluding carboxylic acids is 1. The van der Waals surface area contributed by atoms with Gasteiger partial charge in [-0.05, 0) is 19.1 Å². The Kier molecular flexibility index (Phi) is 3.62. The first-order valence-corrected chi connectivity index (χ1v) is 4.60. The van der Waals surface area contributed by atoms with E-state index in [1.807, 2.05) is 0 Å². The number of carbonyl (C=O) groups is 1. The second-order valence-electron chi connectivity index (χ2n) is 2.95. The summed E-state index contributed by atoms with van der Waals surface area (Å²) < 4.78 is 4.65. The van der Waals surface area contributed by atoms with Gasteiger partial charge in [-0.25, -0.2) is 4.79 Å². The molecule has 0 saturated heterocycles. The highest BCUT2D eigenvalue weighted by Gasteiger charge is 2.26. The van der Waals surface area contributed by atoms with Crippen LogP contribution in [-0.2, 0) is 4.74 Å². The number of hydrogen-bond donors (Lipinski definition) is 1. The molecule has 7 heteroatoms. The lowest BCUT2D eigenvalue weighted by molar-refractivity contribution is -0.386. The summed E-state index contributed by atoms with van der Waals surface area (Å²) in [7, 11) is 0. The number of esters is 1. The van der Waals surface area contributed by atoms with Gasteiger partial charge in [0.2, 0.25) is 0 Å². The molecule has 17 heavy (non-hydrogen) atoms. The molecule has 0 saturated carbocycles. The molecule has 0 radical (unpaired) electrons. The summed E-state index contributed by atoms with van der Waals surface area (Å²) in [6, 6.07) is 3.61. The van der Waals surface area contributed by atoms with E-state index >= 15 is 0 Å². The lowest BCUT2D eigenvalue weighted by Crippen LogP contribution is -2.08. The maximum Gasteiger partial charge on any atom is 0.339 e. The van der Waals surface area contributed by atoms with Gasteiger partial charge in [-0.2, -0.15) is 5.26 Å². The number of aromatic hydroxyl groups is 1. The van der Waals surface area contributed by atoms with E-state index < -0.39 is 27.9 Å². The largest absolute Gasteiger partial charge is 0.502 e. The van der Waals surface area contributed by atoms with Crippen LogP contribution in [0.25, 0.3) is 0 Å². The van der Waals surface area contributed by atoms with Gasteiger partial charge in [0.25, 0.3) is 0 Å². The molecular formula is C10H8N2O5. The van der Waals surface area contributed by atoms with Crippen LogP contribution in [0.3, 0.4) is 0 Å². The number of benzene rings is 1. The van der Waals surface area contributed by atoms with Crippen LogP contribution in [0.5, 0.6) is 5.75 Å². The molecule has 1 rings (SSSR count). The standard InChI is InChI=1S/C10H8N2O5/c1-2-17-10(14)6-3-4-8(13)9(12(15)16)7(6)5-11/h3-4,13H,2H2,1H3. The zero-order valence-electron chi connectivity index (χ0n) is 8.84. The topological polar surface area (TPSA) is 113 Å². The number of ether oxygens (including phenoxy) is 1. The minimum absolute atomic E-state index is 0.0817. The summed E-state index contributed by atoms with van der Waals surface area (Å²) in [6.07, 6.45) is 0. The van der Waals surface area contributed by atoms with Crippen molar-refractivity contribution in [1.82, 2.24) is 0 Å². The third-order valence-corrected chi connectivity index (χ3v) is 1.95. The summed E-state index contributed by atoms with van der Waals surface area (Å²) in [5, 5.41) is 28.8.